The molecule has 0 aliphatic carbocycles. The number of nitrogens with zero attached hydrogens (tertiary/aromatic N) is 1. The monoisotopic (exact) mass is 527 g/mol. The van der Waals surface area contributed by atoms with Crippen molar-refractivity contribution in [2.75, 3.05) is 6.61 Å². The average molecular weight is 528 g/mol. The van der Waals surface area contributed by atoms with Crippen LogP contribution in [0.1, 0.15) is 73.8 Å². The maximum absolute atomic E-state index is 14.1. The predicted octanol–water partition coefficient (Wildman–Crippen LogP) is 3.03. The molecule has 8 nitrogen and oxygen atoms in total. The summed E-state index contributed by atoms with van der Waals surface area (Å²) < 4.78 is 6.75. The average Bonchev–Trinajstić information content (AvgIpc) is 3.32. The lowest BCUT2D eigenvalue weighted by Gasteiger charge is -2.39. The number of rotatable bonds is 8. The zero-order valence-corrected chi connectivity index (χ0v) is 24.1. The molecule has 8 heteroatoms. The molecule has 3 aliphatic heterocycles. The fourth-order valence-electron chi connectivity index (χ4n) is 7.61. The van der Waals surface area contributed by atoms with Gasteiger partial charge in [0.25, 0.3) is 0 Å². The molecule has 2 bridgehead atoms. The van der Waals surface area contributed by atoms with Crippen molar-refractivity contribution in [1.82, 2.24) is 15.5 Å². The zero-order valence-electron chi connectivity index (χ0n) is 24.1. The number of fused-ring (bicyclic) bond motifs is 1. The van der Waals surface area contributed by atoms with Crippen molar-refractivity contribution < 1.29 is 24.2 Å². The molecule has 0 aromatic heterocycles. The van der Waals surface area contributed by atoms with Crippen LogP contribution in [0.25, 0.3) is 0 Å². The van der Waals surface area contributed by atoms with E-state index in [0.717, 1.165) is 12.0 Å². The molecule has 3 N–H and O–H groups in total. The molecule has 3 fully saturated rings. The number of aliphatic hydroxyl groups excluding tert-OH is 1. The van der Waals surface area contributed by atoms with Gasteiger partial charge >= 0.3 is 0 Å². The van der Waals surface area contributed by atoms with Gasteiger partial charge in [0, 0.05) is 12.1 Å². The Morgan fingerprint density at radius 3 is 2.37 bits per heavy atom. The summed E-state index contributed by atoms with van der Waals surface area (Å²) in [5.74, 6) is -2.41. The van der Waals surface area contributed by atoms with Crippen LogP contribution in [0.15, 0.2) is 30.3 Å². The van der Waals surface area contributed by atoms with Crippen LogP contribution in [0.4, 0.5) is 0 Å². The summed E-state index contributed by atoms with van der Waals surface area (Å²) in [6.07, 6.45) is 1.23. The Balaban J connectivity index is 1.69. The molecule has 3 amide bonds. The van der Waals surface area contributed by atoms with Crippen molar-refractivity contribution >= 4 is 17.7 Å². The minimum absolute atomic E-state index is 0.0204. The van der Waals surface area contributed by atoms with Crippen LogP contribution in [0.2, 0.25) is 0 Å². The molecule has 4 rings (SSSR count). The highest BCUT2D eigenvalue weighted by molar-refractivity contribution is 5.99. The smallest absolute Gasteiger partial charge is 0.246 e. The van der Waals surface area contributed by atoms with Crippen LogP contribution < -0.4 is 10.6 Å². The number of hydrogen-bond donors (Lipinski definition) is 3. The molecular formula is C30H45N3O5. The van der Waals surface area contributed by atoms with E-state index in [1.165, 1.54) is 4.90 Å². The second kappa shape index (κ2) is 9.63. The summed E-state index contributed by atoms with van der Waals surface area (Å²) in [7, 11) is 0. The minimum atomic E-state index is -1.13. The van der Waals surface area contributed by atoms with E-state index in [2.05, 4.69) is 31.4 Å². The van der Waals surface area contributed by atoms with Gasteiger partial charge in [0.1, 0.15) is 11.6 Å². The highest BCUT2D eigenvalue weighted by Gasteiger charge is 2.80. The Bertz CT molecular complexity index is 1080. The normalized spacial score (nSPS) is 33.3. The van der Waals surface area contributed by atoms with E-state index in [4.69, 9.17) is 4.74 Å². The van der Waals surface area contributed by atoms with E-state index in [1.54, 1.807) is 6.92 Å². The van der Waals surface area contributed by atoms with E-state index in [9.17, 15) is 19.5 Å². The number of aliphatic hydroxyl groups is 1. The maximum Gasteiger partial charge on any atom is 0.246 e. The molecule has 210 valence electrons. The second-order valence-corrected chi connectivity index (χ2v) is 13.8. The summed E-state index contributed by atoms with van der Waals surface area (Å²) in [6.45, 7) is 16.1. The van der Waals surface area contributed by atoms with Gasteiger partial charge in [-0.05, 0) is 57.4 Å². The first-order valence-corrected chi connectivity index (χ1v) is 13.8. The first-order valence-electron chi connectivity index (χ1n) is 13.8. The number of nitrogens with one attached hydrogen (secondary N) is 2. The molecule has 3 aliphatic rings. The minimum Gasteiger partial charge on any atom is -0.394 e. The fourth-order valence-corrected chi connectivity index (χ4v) is 7.61. The van der Waals surface area contributed by atoms with Gasteiger partial charge in [-0.3, -0.25) is 14.4 Å². The molecule has 3 heterocycles. The summed E-state index contributed by atoms with van der Waals surface area (Å²) in [4.78, 5) is 43.4. The Morgan fingerprint density at radius 2 is 1.79 bits per heavy atom. The third-order valence-electron chi connectivity index (χ3n) is 8.77. The Kier molecular flexibility index (Phi) is 7.24. The second-order valence-electron chi connectivity index (χ2n) is 13.8. The van der Waals surface area contributed by atoms with Gasteiger partial charge in [-0.1, -0.05) is 58.0 Å². The highest BCUT2D eigenvalue weighted by Crippen LogP contribution is 2.65. The Hall–Kier alpha value is -2.45. The van der Waals surface area contributed by atoms with Crippen LogP contribution >= 0.6 is 0 Å². The van der Waals surface area contributed by atoms with Crippen LogP contribution in [0.5, 0.6) is 0 Å². The van der Waals surface area contributed by atoms with Crippen LogP contribution in [-0.2, 0) is 25.7 Å². The lowest BCUT2D eigenvalue weighted by molar-refractivity contribution is -0.151. The SMILES string of the molecule is CC1CC23O[C@]1(C)[C@@H](C(=O)NCc1ccccc1)[C@H]2C(=O)N([C@H](C)CO)C3C(=O)NC(C)(C)CC(C)(C)C. The van der Waals surface area contributed by atoms with E-state index in [0.29, 0.717) is 13.0 Å². The van der Waals surface area contributed by atoms with Gasteiger partial charge in [-0.25, -0.2) is 0 Å². The molecule has 3 unspecified atom stereocenters. The molecule has 1 aromatic rings. The molecule has 38 heavy (non-hydrogen) atoms. The van der Waals surface area contributed by atoms with E-state index in [1.807, 2.05) is 58.0 Å². The Morgan fingerprint density at radius 1 is 1.16 bits per heavy atom. The quantitative estimate of drug-likeness (QED) is 0.482. The van der Waals surface area contributed by atoms with Crippen molar-refractivity contribution in [3.8, 4) is 0 Å². The number of likely N-dealkylation sites (tertiary alicyclic amines) is 1. The molecule has 0 saturated carbocycles. The van der Waals surface area contributed by atoms with Crippen molar-refractivity contribution in [2.45, 2.75) is 104 Å². The van der Waals surface area contributed by atoms with Crippen LogP contribution in [0.3, 0.4) is 0 Å². The highest BCUT2D eigenvalue weighted by atomic mass is 16.5. The first-order chi connectivity index (χ1) is 17.6. The lowest BCUT2D eigenvalue weighted by atomic mass is 9.62. The summed E-state index contributed by atoms with van der Waals surface area (Å²) in [5, 5.41) is 16.3. The van der Waals surface area contributed by atoms with Gasteiger partial charge < -0.3 is 25.4 Å². The number of ether oxygens (including phenoxy) is 1. The topological polar surface area (TPSA) is 108 Å². The molecule has 0 radical (unpaired) electrons. The number of carbonyl (C=O) groups excluding carboxylic acids is 3. The summed E-state index contributed by atoms with van der Waals surface area (Å²) >= 11 is 0. The first kappa shape index (κ1) is 28.6. The van der Waals surface area contributed by atoms with Gasteiger partial charge in [-0.15, -0.1) is 0 Å². The number of hydrogen-bond acceptors (Lipinski definition) is 5. The molecule has 1 spiro atoms. The van der Waals surface area contributed by atoms with E-state index >= 15 is 0 Å². The number of carbonyl (C=O) groups is 3. The molecule has 1 aromatic carbocycles. The van der Waals surface area contributed by atoms with Crippen LogP contribution in [-0.4, -0.2) is 63.2 Å². The zero-order chi connectivity index (χ0) is 28.3. The number of benzene rings is 1. The van der Waals surface area contributed by atoms with E-state index < -0.39 is 40.7 Å². The van der Waals surface area contributed by atoms with Crippen molar-refractivity contribution in [3.63, 3.8) is 0 Å². The third-order valence-corrected chi connectivity index (χ3v) is 8.77. The lowest BCUT2D eigenvalue weighted by Crippen LogP contribution is -2.61. The number of amides is 3. The van der Waals surface area contributed by atoms with Gasteiger partial charge in [0.2, 0.25) is 17.7 Å². The predicted molar refractivity (Wildman–Crippen MR) is 145 cm³/mol. The van der Waals surface area contributed by atoms with Gasteiger partial charge in [-0.2, -0.15) is 0 Å². The Labute approximate surface area is 226 Å². The molecular weight excluding hydrogens is 482 g/mol. The van der Waals surface area contributed by atoms with Gasteiger partial charge in [0.15, 0.2) is 0 Å². The van der Waals surface area contributed by atoms with Crippen molar-refractivity contribution in [3.05, 3.63) is 35.9 Å². The van der Waals surface area contributed by atoms with Crippen LogP contribution in [0, 0.1) is 23.2 Å². The summed E-state index contributed by atoms with van der Waals surface area (Å²) in [5.41, 5.74) is -1.60. The standard InChI is InChI=1S/C30H45N3O5/c1-18-14-30-22(21(29(18,8)38-30)24(35)31-15-20-12-10-9-11-13-20)26(37)33(19(2)16-34)23(30)25(36)32-28(6,7)17-27(3,4)5/h9-13,18-19,21-23,34H,14-17H2,1-8H3,(H,31,35)(H,32,36)/t18?,19-,21-,22+,23?,29+,30?/m1/s1. The van der Waals surface area contributed by atoms with E-state index in [-0.39, 0.29) is 35.7 Å². The van der Waals surface area contributed by atoms with Crippen molar-refractivity contribution in [1.29, 1.82) is 0 Å². The van der Waals surface area contributed by atoms with Gasteiger partial charge in [0.05, 0.1) is 30.1 Å². The molecule has 3 saturated heterocycles. The fraction of sp³-hybridized carbons (Fsp3) is 0.700. The molecule has 7 atom stereocenters. The maximum atomic E-state index is 14.1. The summed E-state index contributed by atoms with van der Waals surface area (Å²) in [6, 6.07) is 8.10. The van der Waals surface area contributed by atoms with Crippen molar-refractivity contribution in [2.24, 2.45) is 23.2 Å². The largest absolute Gasteiger partial charge is 0.394 e. The third kappa shape index (κ3) is 4.75.